The summed E-state index contributed by atoms with van der Waals surface area (Å²) in [5.41, 5.74) is 5.20. The molecular formula is C14H17ClN2O3. The van der Waals surface area contributed by atoms with Gasteiger partial charge in [-0.05, 0) is 44.4 Å². The number of aliphatic carboxylic acids is 1. The first-order chi connectivity index (χ1) is 9.36. The summed E-state index contributed by atoms with van der Waals surface area (Å²) in [7, 11) is 0. The lowest BCUT2D eigenvalue weighted by Crippen LogP contribution is -2.55. The molecule has 1 aliphatic rings. The molecule has 0 aliphatic carbocycles. The van der Waals surface area contributed by atoms with E-state index in [0.717, 1.165) is 12.8 Å². The molecule has 0 saturated carbocycles. The van der Waals surface area contributed by atoms with Gasteiger partial charge in [0.05, 0.1) is 10.6 Å². The van der Waals surface area contributed by atoms with Crippen LogP contribution in [-0.2, 0) is 4.79 Å². The molecule has 1 unspecified atom stereocenters. The first-order valence-electron chi connectivity index (χ1n) is 6.46. The third-order valence-electron chi connectivity index (χ3n) is 3.88. The van der Waals surface area contributed by atoms with E-state index in [1.165, 1.54) is 6.07 Å². The Labute approximate surface area is 122 Å². The molecule has 1 atom stereocenters. The molecule has 1 aromatic carbocycles. The first kappa shape index (κ1) is 14.7. The monoisotopic (exact) mass is 296 g/mol. The summed E-state index contributed by atoms with van der Waals surface area (Å²) < 4.78 is 0. The fourth-order valence-corrected chi connectivity index (χ4v) is 2.90. The lowest BCUT2D eigenvalue weighted by atomic mass is 9.88. The van der Waals surface area contributed by atoms with E-state index in [9.17, 15) is 14.7 Å². The Kier molecular flexibility index (Phi) is 3.90. The van der Waals surface area contributed by atoms with Crippen LogP contribution >= 0.6 is 11.6 Å². The van der Waals surface area contributed by atoms with Crippen LogP contribution < -0.4 is 10.6 Å². The number of rotatable bonds is 3. The molecular weight excluding hydrogens is 280 g/mol. The van der Waals surface area contributed by atoms with Gasteiger partial charge in [0.25, 0.3) is 0 Å². The summed E-state index contributed by atoms with van der Waals surface area (Å²) in [4.78, 5) is 24.6. The van der Waals surface area contributed by atoms with Crippen molar-refractivity contribution in [3.05, 3.63) is 28.8 Å². The van der Waals surface area contributed by atoms with Crippen LogP contribution in [0.5, 0.6) is 0 Å². The average Bonchev–Trinajstić information content (AvgIpc) is 2.38. The summed E-state index contributed by atoms with van der Waals surface area (Å²) in [5.74, 6) is -1.45. The van der Waals surface area contributed by atoms with Crippen molar-refractivity contribution in [3.63, 3.8) is 0 Å². The number of anilines is 1. The lowest BCUT2D eigenvalue weighted by molar-refractivity contribution is -0.143. The van der Waals surface area contributed by atoms with Gasteiger partial charge in [-0.15, -0.1) is 0 Å². The Balaban J connectivity index is 2.41. The van der Waals surface area contributed by atoms with Crippen molar-refractivity contribution in [1.82, 2.24) is 0 Å². The molecule has 0 aromatic heterocycles. The minimum absolute atomic E-state index is 0.240. The normalized spacial score (nSPS) is 22.6. The summed E-state index contributed by atoms with van der Waals surface area (Å²) in [6.07, 6.45) is 2.39. The smallest absolute Gasteiger partial charge is 0.329 e. The quantitative estimate of drug-likeness (QED) is 0.896. The predicted molar refractivity (Wildman–Crippen MR) is 77.2 cm³/mol. The summed E-state index contributed by atoms with van der Waals surface area (Å²) in [6.45, 7) is 2.36. The molecule has 3 N–H and O–H groups in total. The summed E-state index contributed by atoms with van der Waals surface area (Å²) in [6, 6.07) is 4.84. The number of benzene rings is 1. The number of nitrogens with zero attached hydrogens (tertiary/aromatic N) is 1. The predicted octanol–water partition coefficient (Wildman–Crippen LogP) is 2.27. The van der Waals surface area contributed by atoms with Crippen LogP contribution in [0.25, 0.3) is 0 Å². The highest BCUT2D eigenvalue weighted by molar-refractivity contribution is 6.34. The van der Waals surface area contributed by atoms with Crippen LogP contribution in [0, 0.1) is 0 Å². The first-order valence-corrected chi connectivity index (χ1v) is 6.84. The van der Waals surface area contributed by atoms with Crippen molar-refractivity contribution >= 4 is 29.2 Å². The minimum atomic E-state index is -0.949. The maximum Gasteiger partial charge on any atom is 0.329 e. The number of hydrogen-bond acceptors (Lipinski definition) is 3. The van der Waals surface area contributed by atoms with Gasteiger partial charge < -0.3 is 15.7 Å². The van der Waals surface area contributed by atoms with Crippen molar-refractivity contribution in [3.8, 4) is 0 Å². The van der Waals surface area contributed by atoms with Gasteiger partial charge in [0.2, 0.25) is 5.91 Å². The molecule has 108 valence electrons. The second-order valence-electron chi connectivity index (χ2n) is 5.22. The largest absolute Gasteiger partial charge is 0.480 e. The maximum absolute atomic E-state index is 11.6. The minimum Gasteiger partial charge on any atom is -0.480 e. The van der Waals surface area contributed by atoms with Gasteiger partial charge in [0.1, 0.15) is 5.54 Å². The molecule has 6 heteroatoms. The van der Waals surface area contributed by atoms with Crippen molar-refractivity contribution in [2.45, 2.75) is 31.7 Å². The zero-order valence-corrected chi connectivity index (χ0v) is 12.0. The van der Waals surface area contributed by atoms with Gasteiger partial charge in [-0.1, -0.05) is 11.6 Å². The molecule has 1 aliphatic heterocycles. The molecule has 1 saturated heterocycles. The molecule has 0 spiro atoms. The molecule has 1 amide bonds. The SMILES string of the molecule is CC1(C(=O)O)CCCCN1c1ccc(C(N)=O)c(Cl)c1. The van der Waals surface area contributed by atoms with E-state index in [4.69, 9.17) is 17.3 Å². The average molecular weight is 297 g/mol. The van der Waals surface area contributed by atoms with Crippen LogP contribution in [0.4, 0.5) is 5.69 Å². The second kappa shape index (κ2) is 5.32. The zero-order chi connectivity index (χ0) is 14.9. The Morgan fingerprint density at radius 2 is 2.10 bits per heavy atom. The number of carboxylic acids is 1. The van der Waals surface area contributed by atoms with Crippen LogP contribution in [-0.4, -0.2) is 29.1 Å². The van der Waals surface area contributed by atoms with Crippen molar-refractivity contribution in [1.29, 1.82) is 0 Å². The van der Waals surface area contributed by atoms with E-state index in [1.807, 2.05) is 4.90 Å². The summed E-state index contributed by atoms with van der Waals surface area (Å²) >= 11 is 6.04. The number of piperidine rings is 1. The zero-order valence-electron chi connectivity index (χ0n) is 11.2. The van der Waals surface area contributed by atoms with E-state index in [1.54, 1.807) is 19.1 Å². The van der Waals surface area contributed by atoms with Crippen LogP contribution in [0.15, 0.2) is 18.2 Å². The van der Waals surface area contributed by atoms with Gasteiger partial charge in [0.15, 0.2) is 0 Å². The molecule has 0 radical (unpaired) electrons. The van der Waals surface area contributed by atoms with Gasteiger partial charge in [-0.25, -0.2) is 4.79 Å². The highest BCUT2D eigenvalue weighted by Gasteiger charge is 2.41. The van der Waals surface area contributed by atoms with E-state index >= 15 is 0 Å². The number of halogens is 1. The standard InChI is InChI=1S/C14H17ClN2O3/c1-14(13(19)20)6-2-3-7-17(14)9-4-5-10(12(16)18)11(15)8-9/h4-5,8H,2-3,6-7H2,1H3,(H2,16,18)(H,19,20). The number of carbonyl (C=O) groups excluding carboxylic acids is 1. The molecule has 0 bridgehead atoms. The van der Waals surface area contributed by atoms with Crippen molar-refractivity contribution < 1.29 is 14.7 Å². The topological polar surface area (TPSA) is 83.6 Å². The molecule has 1 fully saturated rings. The molecule has 20 heavy (non-hydrogen) atoms. The van der Waals surface area contributed by atoms with Crippen molar-refractivity contribution in [2.24, 2.45) is 5.73 Å². The number of hydrogen-bond donors (Lipinski definition) is 2. The van der Waals surface area contributed by atoms with Gasteiger partial charge in [0, 0.05) is 12.2 Å². The number of primary amides is 1. The Bertz CT molecular complexity index is 561. The molecule has 5 nitrogen and oxygen atoms in total. The lowest BCUT2D eigenvalue weighted by Gasteiger charge is -2.43. The number of nitrogens with two attached hydrogens (primary N) is 1. The molecule has 1 heterocycles. The third-order valence-corrected chi connectivity index (χ3v) is 4.19. The van der Waals surface area contributed by atoms with Gasteiger partial charge >= 0.3 is 5.97 Å². The second-order valence-corrected chi connectivity index (χ2v) is 5.62. The highest BCUT2D eigenvalue weighted by Crippen LogP contribution is 2.35. The van der Waals surface area contributed by atoms with Crippen molar-refractivity contribution in [2.75, 3.05) is 11.4 Å². The molecule has 2 rings (SSSR count). The van der Waals surface area contributed by atoms with E-state index < -0.39 is 17.4 Å². The van der Waals surface area contributed by atoms with Gasteiger partial charge in [-0.2, -0.15) is 0 Å². The van der Waals surface area contributed by atoms with E-state index in [-0.39, 0.29) is 10.6 Å². The van der Waals surface area contributed by atoms with E-state index in [0.29, 0.717) is 18.7 Å². The number of carbonyl (C=O) groups is 2. The maximum atomic E-state index is 11.6. The summed E-state index contributed by atoms with van der Waals surface area (Å²) in [5, 5.41) is 9.74. The Morgan fingerprint density at radius 1 is 1.40 bits per heavy atom. The van der Waals surface area contributed by atoms with Crippen LogP contribution in [0.2, 0.25) is 5.02 Å². The Hall–Kier alpha value is -1.75. The fourth-order valence-electron chi connectivity index (χ4n) is 2.63. The van der Waals surface area contributed by atoms with Crippen LogP contribution in [0.3, 0.4) is 0 Å². The number of carboxylic acid groups (broad SMARTS) is 1. The highest BCUT2D eigenvalue weighted by atomic mass is 35.5. The molecule has 1 aromatic rings. The number of amides is 1. The Morgan fingerprint density at radius 3 is 2.65 bits per heavy atom. The third kappa shape index (κ3) is 2.45. The van der Waals surface area contributed by atoms with Gasteiger partial charge in [-0.3, -0.25) is 4.79 Å². The van der Waals surface area contributed by atoms with E-state index in [2.05, 4.69) is 0 Å². The van der Waals surface area contributed by atoms with Crippen LogP contribution in [0.1, 0.15) is 36.5 Å². The fraction of sp³-hybridized carbons (Fsp3) is 0.429.